The van der Waals surface area contributed by atoms with E-state index in [4.69, 9.17) is 4.74 Å². The fourth-order valence-electron chi connectivity index (χ4n) is 4.91. The van der Waals surface area contributed by atoms with Crippen molar-refractivity contribution in [3.8, 4) is 11.1 Å². The highest BCUT2D eigenvalue weighted by molar-refractivity contribution is 7.99. The molecule has 172 valence electrons. The van der Waals surface area contributed by atoms with Crippen molar-refractivity contribution in [3.05, 3.63) is 59.7 Å². The van der Waals surface area contributed by atoms with Crippen LogP contribution in [0.1, 0.15) is 36.3 Å². The second-order valence-corrected chi connectivity index (χ2v) is 10.0. The molecule has 2 fully saturated rings. The Morgan fingerprint density at radius 1 is 1.06 bits per heavy atom. The predicted octanol–water partition coefficient (Wildman–Crippen LogP) is 3.48. The maximum Gasteiger partial charge on any atom is 0.408 e. The summed E-state index contributed by atoms with van der Waals surface area (Å²) in [5.41, 5.74) is 3.60. The van der Waals surface area contributed by atoms with Gasteiger partial charge in [0.1, 0.15) is 12.1 Å². The molecule has 1 unspecified atom stereocenters. The van der Waals surface area contributed by atoms with Crippen LogP contribution >= 0.6 is 11.8 Å². The smallest absolute Gasteiger partial charge is 0.408 e. The van der Waals surface area contributed by atoms with E-state index in [0.717, 1.165) is 28.0 Å². The lowest BCUT2D eigenvalue weighted by atomic mass is 9.98. The molecule has 1 aliphatic heterocycles. The minimum absolute atomic E-state index is 0.0481. The third kappa shape index (κ3) is 4.19. The maximum absolute atomic E-state index is 13.3. The molecular formula is C25H26N2O5S. The van der Waals surface area contributed by atoms with Crippen molar-refractivity contribution in [1.29, 1.82) is 0 Å². The first-order valence-corrected chi connectivity index (χ1v) is 12.4. The highest BCUT2D eigenvalue weighted by Gasteiger charge is 2.54. The summed E-state index contributed by atoms with van der Waals surface area (Å²) in [6.07, 6.45) is 0.391. The van der Waals surface area contributed by atoms with E-state index in [1.54, 1.807) is 16.7 Å². The lowest BCUT2D eigenvalue weighted by molar-refractivity contribution is -0.141. The highest BCUT2D eigenvalue weighted by atomic mass is 32.2. The summed E-state index contributed by atoms with van der Waals surface area (Å²) in [4.78, 5) is 38.8. The summed E-state index contributed by atoms with van der Waals surface area (Å²) >= 11 is 1.65. The van der Waals surface area contributed by atoms with Gasteiger partial charge in [-0.3, -0.25) is 9.59 Å². The minimum Gasteiger partial charge on any atom is -0.481 e. The van der Waals surface area contributed by atoms with Gasteiger partial charge in [0.2, 0.25) is 5.91 Å². The van der Waals surface area contributed by atoms with Gasteiger partial charge in [0, 0.05) is 24.0 Å². The Bertz CT molecular complexity index is 1050. The van der Waals surface area contributed by atoms with Crippen LogP contribution in [0.4, 0.5) is 4.79 Å². The summed E-state index contributed by atoms with van der Waals surface area (Å²) in [5, 5.41) is 12.0. The average Bonchev–Trinajstić information content (AvgIpc) is 3.52. The van der Waals surface area contributed by atoms with Gasteiger partial charge < -0.3 is 20.1 Å². The Morgan fingerprint density at radius 3 is 2.30 bits per heavy atom. The van der Waals surface area contributed by atoms with E-state index < -0.39 is 17.6 Å². The van der Waals surface area contributed by atoms with Crippen LogP contribution in [-0.4, -0.2) is 64.2 Å². The van der Waals surface area contributed by atoms with E-state index >= 15 is 0 Å². The number of hydrogen-bond acceptors (Lipinski definition) is 5. The Balaban J connectivity index is 1.24. The lowest BCUT2D eigenvalue weighted by Crippen LogP contribution is -2.56. The van der Waals surface area contributed by atoms with Crippen molar-refractivity contribution in [2.45, 2.75) is 36.8 Å². The second kappa shape index (κ2) is 8.74. The average molecular weight is 467 g/mol. The summed E-state index contributed by atoms with van der Waals surface area (Å²) in [5.74, 6) is 0.201. The van der Waals surface area contributed by atoms with Crippen LogP contribution in [-0.2, 0) is 14.3 Å². The van der Waals surface area contributed by atoms with Gasteiger partial charge in [0.05, 0.1) is 12.5 Å². The molecule has 2 aromatic rings. The number of alkyl carbamates (subject to hydrolysis) is 1. The Morgan fingerprint density at radius 2 is 1.70 bits per heavy atom. The predicted molar refractivity (Wildman–Crippen MR) is 125 cm³/mol. The topological polar surface area (TPSA) is 95.9 Å². The number of carbonyl (C=O) groups is 3. The van der Waals surface area contributed by atoms with Crippen molar-refractivity contribution >= 4 is 29.7 Å². The van der Waals surface area contributed by atoms with E-state index in [2.05, 4.69) is 29.6 Å². The van der Waals surface area contributed by atoms with Crippen molar-refractivity contribution in [2.75, 3.05) is 24.7 Å². The number of carboxylic acids is 1. The molecule has 0 bridgehead atoms. The molecule has 0 spiro atoms. The normalized spacial score (nSPS) is 20.5. The number of hydrogen-bond donors (Lipinski definition) is 2. The quantitative estimate of drug-likeness (QED) is 0.677. The molecule has 0 aromatic heterocycles. The van der Waals surface area contributed by atoms with E-state index in [1.807, 2.05) is 24.3 Å². The number of nitrogens with one attached hydrogen (secondary N) is 1. The van der Waals surface area contributed by atoms with Gasteiger partial charge in [-0.15, -0.1) is 0 Å². The Kier molecular flexibility index (Phi) is 5.78. The van der Waals surface area contributed by atoms with Crippen LogP contribution in [0.15, 0.2) is 48.5 Å². The standard InChI is InChI=1S/C25H26N2O5S/c28-22(29)13-16-15-33-12-11-27(16)23(30)25(9-10-25)26-24(31)32-14-21-19-7-3-1-5-17(19)18-6-2-4-8-20(18)21/h1-8,16,21H,9-15H2,(H,26,31)(H,28,29). The zero-order valence-corrected chi connectivity index (χ0v) is 19.0. The van der Waals surface area contributed by atoms with Gasteiger partial charge in [0.25, 0.3) is 0 Å². The van der Waals surface area contributed by atoms with Crippen molar-refractivity contribution in [2.24, 2.45) is 0 Å². The molecule has 7 nitrogen and oxygen atoms in total. The van der Waals surface area contributed by atoms with Crippen LogP contribution in [0.2, 0.25) is 0 Å². The third-order valence-corrected chi connectivity index (χ3v) is 7.83. The van der Waals surface area contributed by atoms with Crippen LogP contribution < -0.4 is 5.32 Å². The second-order valence-electron chi connectivity index (χ2n) is 8.86. The fraction of sp³-hybridized carbons (Fsp3) is 0.400. The number of carboxylic acid groups (broad SMARTS) is 1. The number of nitrogens with zero attached hydrogens (tertiary/aromatic N) is 1. The van der Waals surface area contributed by atoms with E-state index in [1.165, 1.54) is 0 Å². The monoisotopic (exact) mass is 466 g/mol. The van der Waals surface area contributed by atoms with Crippen LogP contribution in [0.5, 0.6) is 0 Å². The minimum atomic E-state index is -0.971. The zero-order chi connectivity index (χ0) is 23.0. The van der Waals surface area contributed by atoms with E-state index in [9.17, 15) is 19.5 Å². The molecule has 2 N–H and O–H groups in total. The maximum atomic E-state index is 13.3. The van der Waals surface area contributed by atoms with E-state index in [-0.39, 0.29) is 30.9 Å². The molecule has 8 heteroatoms. The molecule has 2 amide bonds. The molecule has 2 aliphatic carbocycles. The first kappa shape index (κ1) is 21.8. The SMILES string of the molecule is O=C(O)CC1CSCCN1C(=O)C1(NC(=O)OCC2c3ccccc3-c3ccccc32)CC1. The highest BCUT2D eigenvalue weighted by Crippen LogP contribution is 2.44. The molecule has 0 radical (unpaired) electrons. The number of rotatable bonds is 6. The number of amides is 2. The molecule has 1 heterocycles. The van der Waals surface area contributed by atoms with Crippen molar-refractivity contribution in [3.63, 3.8) is 0 Å². The van der Waals surface area contributed by atoms with Crippen molar-refractivity contribution in [1.82, 2.24) is 10.2 Å². The summed E-state index contributed by atoms with van der Waals surface area (Å²) in [6.45, 7) is 0.682. The van der Waals surface area contributed by atoms with Gasteiger partial charge in [-0.25, -0.2) is 4.79 Å². The number of benzene rings is 2. The summed E-state index contributed by atoms with van der Waals surface area (Å²) in [7, 11) is 0. The van der Waals surface area contributed by atoms with Crippen LogP contribution in [0.3, 0.4) is 0 Å². The molecule has 5 rings (SSSR count). The third-order valence-electron chi connectivity index (χ3n) is 6.74. The molecule has 1 atom stereocenters. The molecule has 2 aromatic carbocycles. The summed E-state index contributed by atoms with van der Waals surface area (Å²) < 4.78 is 5.63. The van der Waals surface area contributed by atoms with Gasteiger partial charge in [0.15, 0.2) is 0 Å². The Labute approximate surface area is 196 Å². The van der Waals surface area contributed by atoms with Gasteiger partial charge >= 0.3 is 12.1 Å². The molecule has 1 saturated heterocycles. The summed E-state index contributed by atoms with van der Waals surface area (Å²) in [6, 6.07) is 15.9. The van der Waals surface area contributed by atoms with Crippen molar-refractivity contribution < 1.29 is 24.2 Å². The Hall–Kier alpha value is -3.00. The number of aliphatic carboxylic acids is 1. The zero-order valence-electron chi connectivity index (χ0n) is 18.2. The van der Waals surface area contributed by atoms with E-state index in [0.29, 0.717) is 25.1 Å². The van der Waals surface area contributed by atoms with Gasteiger partial charge in [-0.2, -0.15) is 11.8 Å². The molecule has 1 saturated carbocycles. The fourth-order valence-corrected chi connectivity index (χ4v) is 5.98. The number of fused-ring (bicyclic) bond motifs is 3. The van der Waals surface area contributed by atoms with Crippen LogP contribution in [0.25, 0.3) is 11.1 Å². The first-order chi connectivity index (χ1) is 16.0. The molecule has 33 heavy (non-hydrogen) atoms. The van der Waals surface area contributed by atoms with Gasteiger partial charge in [-0.05, 0) is 35.1 Å². The largest absolute Gasteiger partial charge is 0.481 e. The lowest BCUT2D eigenvalue weighted by Gasteiger charge is -2.37. The molecule has 3 aliphatic rings. The first-order valence-electron chi connectivity index (χ1n) is 11.2. The van der Waals surface area contributed by atoms with Gasteiger partial charge in [-0.1, -0.05) is 48.5 Å². The van der Waals surface area contributed by atoms with Crippen LogP contribution in [0, 0.1) is 0 Å². The number of thioether (sulfide) groups is 1. The molecular weight excluding hydrogens is 440 g/mol. The number of carbonyl (C=O) groups excluding carboxylic acids is 2. The number of ether oxygens (including phenoxy) is 1.